The summed E-state index contributed by atoms with van der Waals surface area (Å²) in [7, 11) is 0. The zero-order valence-electron chi connectivity index (χ0n) is 11.5. The van der Waals surface area contributed by atoms with Crippen LogP contribution in [-0.2, 0) is 0 Å². The van der Waals surface area contributed by atoms with Crippen molar-refractivity contribution in [2.24, 2.45) is 0 Å². The first kappa shape index (κ1) is 15.2. The lowest BCUT2D eigenvalue weighted by atomic mass is 10.0. The number of benzene rings is 1. The fourth-order valence-corrected chi connectivity index (χ4v) is 2.77. The maximum absolute atomic E-state index is 12.2. The molecule has 0 radical (unpaired) electrons. The molecule has 2 aromatic rings. The molecule has 0 unspecified atom stereocenters. The first-order valence-electron chi connectivity index (χ1n) is 6.55. The highest BCUT2D eigenvalue weighted by Crippen LogP contribution is 2.20. The number of thiophene rings is 1. The molecule has 0 bridgehead atoms. The van der Waals surface area contributed by atoms with Gasteiger partial charge in [0.2, 0.25) is 0 Å². The second-order valence-electron chi connectivity index (χ2n) is 4.45. The molecule has 1 aromatic carbocycles. The number of rotatable bonds is 5. The van der Waals surface area contributed by atoms with Crippen LogP contribution in [0.1, 0.15) is 44.3 Å². The molecule has 0 saturated carbocycles. The summed E-state index contributed by atoms with van der Waals surface area (Å²) in [5.41, 5.74) is 2.59. The predicted molar refractivity (Wildman–Crippen MR) is 80.5 cm³/mol. The summed E-state index contributed by atoms with van der Waals surface area (Å²) >= 11 is 1.04. The normalized spacial score (nSPS) is 11.7. The van der Waals surface area contributed by atoms with Gasteiger partial charge < -0.3 is 5.32 Å². The molecule has 1 aromatic heterocycles. The molecule has 2 rings (SSSR count). The molecule has 21 heavy (non-hydrogen) atoms. The summed E-state index contributed by atoms with van der Waals surface area (Å²) < 4.78 is 0. The Hall–Kier alpha value is -2.18. The van der Waals surface area contributed by atoms with Crippen LogP contribution in [0.25, 0.3) is 0 Å². The minimum Gasteiger partial charge on any atom is -0.345 e. The summed E-state index contributed by atoms with van der Waals surface area (Å²) in [6.45, 7) is 2.00. The van der Waals surface area contributed by atoms with Crippen LogP contribution in [0.4, 0.5) is 0 Å². The quantitative estimate of drug-likeness (QED) is 0.587. The van der Waals surface area contributed by atoms with Crippen molar-refractivity contribution in [3.05, 3.63) is 57.8 Å². The van der Waals surface area contributed by atoms with E-state index in [1.807, 2.05) is 37.3 Å². The van der Waals surface area contributed by atoms with Crippen molar-refractivity contribution < 1.29 is 14.8 Å². The van der Waals surface area contributed by atoms with Crippen molar-refractivity contribution in [2.75, 3.05) is 0 Å². The Labute approximate surface area is 126 Å². The van der Waals surface area contributed by atoms with Crippen molar-refractivity contribution in [1.82, 2.24) is 10.8 Å². The van der Waals surface area contributed by atoms with E-state index < -0.39 is 5.91 Å². The molecule has 110 valence electrons. The zero-order chi connectivity index (χ0) is 15.2. The molecule has 0 spiro atoms. The number of carbonyl (C=O) groups is 2. The van der Waals surface area contributed by atoms with Crippen molar-refractivity contribution in [2.45, 2.75) is 19.4 Å². The Morgan fingerprint density at radius 1 is 1.10 bits per heavy atom. The van der Waals surface area contributed by atoms with E-state index in [0.29, 0.717) is 4.88 Å². The summed E-state index contributed by atoms with van der Waals surface area (Å²) in [4.78, 5) is 24.2. The highest BCUT2D eigenvalue weighted by atomic mass is 32.1. The molecule has 0 aliphatic carbocycles. The molecule has 0 aliphatic heterocycles. The number of amides is 2. The molecule has 2 amide bonds. The third kappa shape index (κ3) is 3.68. The van der Waals surface area contributed by atoms with Gasteiger partial charge in [-0.2, -0.15) is 0 Å². The van der Waals surface area contributed by atoms with Gasteiger partial charge in [0, 0.05) is 0 Å². The first-order valence-corrected chi connectivity index (χ1v) is 7.37. The van der Waals surface area contributed by atoms with Crippen LogP contribution in [0.2, 0.25) is 0 Å². The SMILES string of the molecule is CC[C@@H](NC(=O)c1ccc(C(=O)NO)s1)c1ccccc1. The molecule has 0 aliphatic rings. The van der Waals surface area contributed by atoms with Crippen molar-refractivity contribution in [3.63, 3.8) is 0 Å². The van der Waals surface area contributed by atoms with Crippen molar-refractivity contribution >= 4 is 23.2 Å². The smallest absolute Gasteiger partial charge is 0.284 e. The van der Waals surface area contributed by atoms with Gasteiger partial charge in [-0.25, -0.2) is 5.48 Å². The van der Waals surface area contributed by atoms with E-state index >= 15 is 0 Å². The van der Waals surface area contributed by atoms with Gasteiger partial charge in [0.15, 0.2) is 0 Å². The summed E-state index contributed by atoms with van der Waals surface area (Å²) in [5.74, 6) is -0.846. The third-order valence-electron chi connectivity index (χ3n) is 3.07. The van der Waals surface area contributed by atoms with Gasteiger partial charge in [0.1, 0.15) is 0 Å². The van der Waals surface area contributed by atoms with Gasteiger partial charge in [0.05, 0.1) is 15.8 Å². The number of hydrogen-bond acceptors (Lipinski definition) is 4. The Morgan fingerprint density at radius 3 is 2.29 bits per heavy atom. The Morgan fingerprint density at radius 2 is 1.71 bits per heavy atom. The number of nitrogens with one attached hydrogen (secondary N) is 2. The van der Waals surface area contributed by atoms with Crippen LogP contribution in [0.5, 0.6) is 0 Å². The topological polar surface area (TPSA) is 78.4 Å². The minimum atomic E-state index is -0.617. The molecular weight excluding hydrogens is 288 g/mol. The summed E-state index contributed by atoms with van der Waals surface area (Å²) in [5, 5.41) is 11.5. The van der Waals surface area contributed by atoms with Gasteiger partial charge in [-0.3, -0.25) is 14.8 Å². The van der Waals surface area contributed by atoms with E-state index in [0.717, 1.165) is 23.3 Å². The molecule has 3 N–H and O–H groups in total. The number of carbonyl (C=O) groups excluding carboxylic acids is 2. The van der Waals surface area contributed by atoms with E-state index in [2.05, 4.69) is 5.32 Å². The Kier molecular flexibility index (Phi) is 5.08. The van der Waals surface area contributed by atoms with Crippen LogP contribution in [0.15, 0.2) is 42.5 Å². The van der Waals surface area contributed by atoms with Gasteiger partial charge in [0.25, 0.3) is 11.8 Å². The lowest BCUT2D eigenvalue weighted by Crippen LogP contribution is -2.27. The molecule has 0 saturated heterocycles. The highest BCUT2D eigenvalue weighted by Gasteiger charge is 2.17. The number of hydrogen-bond donors (Lipinski definition) is 3. The van der Waals surface area contributed by atoms with Crippen LogP contribution in [0, 0.1) is 0 Å². The minimum absolute atomic E-state index is 0.0732. The van der Waals surface area contributed by atoms with Crippen molar-refractivity contribution in [3.8, 4) is 0 Å². The number of hydroxylamine groups is 1. The molecule has 1 atom stereocenters. The van der Waals surface area contributed by atoms with E-state index in [1.165, 1.54) is 6.07 Å². The molecule has 1 heterocycles. The van der Waals surface area contributed by atoms with E-state index in [9.17, 15) is 9.59 Å². The van der Waals surface area contributed by atoms with Crippen LogP contribution in [0.3, 0.4) is 0 Å². The fraction of sp³-hybridized carbons (Fsp3) is 0.200. The van der Waals surface area contributed by atoms with Gasteiger partial charge in [-0.15, -0.1) is 11.3 Å². The van der Waals surface area contributed by atoms with Gasteiger partial charge in [-0.05, 0) is 24.1 Å². The molecule has 5 nitrogen and oxygen atoms in total. The van der Waals surface area contributed by atoms with Crippen molar-refractivity contribution in [1.29, 1.82) is 0 Å². The fourth-order valence-electron chi connectivity index (χ4n) is 1.97. The van der Waals surface area contributed by atoms with Crippen LogP contribution < -0.4 is 10.8 Å². The van der Waals surface area contributed by atoms with E-state index in [4.69, 9.17) is 5.21 Å². The maximum atomic E-state index is 12.2. The van der Waals surface area contributed by atoms with Gasteiger partial charge in [-0.1, -0.05) is 37.3 Å². The summed E-state index contributed by atoms with van der Waals surface area (Å²) in [6.07, 6.45) is 0.769. The Balaban J connectivity index is 2.09. The third-order valence-corrected chi connectivity index (χ3v) is 4.15. The zero-order valence-corrected chi connectivity index (χ0v) is 12.3. The average molecular weight is 304 g/mol. The predicted octanol–water partition coefficient (Wildman–Crippen LogP) is 2.75. The second-order valence-corrected chi connectivity index (χ2v) is 5.53. The lowest BCUT2D eigenvalue weighted by molar-refractivity contribution is 0.0711. The van der Waals surface area contributed by atoms with E-state index in [1.54, 1.807) is 11.5 Å². The first-order chi connectivity index (χ1) is 10.2. The highest BCUT2D eigenvalue weighted by molar-refractivity contribution is 7.15. The second kappa shape index (κ2) is 7.01. The molecular formula is C15H16N2O3S. The maximum Gasteiger partial charge on any atom is 0.284 e. The monoisotopic (exact) mass is 304 g/mol. The average Bonchev–Trinajstić information content (AvgIpc) is 3.02. The Bertz CT molecular complexity index is 625. The lowest BCUT2D eigenvalue weighted by Gasteiger charge is -2.16. The van der Waals surface area contributed by atoms with E-state index in [-0.39, 0.29) is 16.8 Å². The summed E-state index contributed by atoms with van der Waals surface area (Å²) in [6, 6.07) is 12.7. The molecule has 0 fully saturated rings. The van der Waals surface area contributed by atoms with Gasteiger partial charge >= 0.3 is 0 Å². The molecule has 6 heteroatoms. The standard InChI is InChI=1S/C15H16N2O3S/c1-2-11(10-6-4-3-5-7-10)16-14(18)12-8-9-13(21-12)15(19)17-20/h3-9,11,20H,2H2,1H3,(H,16,18)(H,17,19)/t11-/m1/s1. The largest absolute Gasteiger partial charge is 0.345 e. The van der Waals surface area contributed by atoms with Crippen LogP contribution >= 0.6 is 11.3 Å². The van der Waals surface area contributed by atoms with Crippen LogP contribution in [-0.4, -0.2) is 17.0 Å².